The number of carbonyl (C=O) groups is 1. The van der Waals surface area contributed by atoms with Crippen molar-refractivity contribution < 1.29 is 14.3 Å². The summed E-state index contributed by atoms with van der Waals surface area (Å²) in [5.41, 5.74) is 11.0. The van der Waals surface area contributed by atoms with E-state index in [9.17, 15) is 9.59 Å². The Morgan fingerprint density at radius 1 is 1.30 bits per heavy atom. The van der Waals surface area contributed by atoms with Gasteiger partial charge in [-0.3, -0.25) is 9.59 Å². The highest BCUT2D eigenvalue weighted by Crippen LogP contribution is 2.53. The number of aryl methyl sites for hydroxylation is 1. The Labute approximate surface area is 190 Å². The van der Waals surface area contributed by atoms with Crippen LogP contribution in [0.5, 0.6) is 5.75 Å². The molecule has 7 rings (SSSR count). The molecular formula is C25H26N4O4. The van der Waals surface area contributed by atoms with Crippen molar-refractivity contribution in [3.63, 3.8) is 0 Å². The second-order valence-electron chi connectivity index (χ2n) is 9.77. The molecule has 2 bridgehead atoms. The predicted molar refractivity (Wildman–Crippen MR) is 125 cm³/mol. The summed E-state index contributed by atoms with van der Waals surface area (Å²) in [6, 6.07) is 5.40. The molecule has 2 aromatic heterocycles. The summed E-state index contributed by atoms with van der Waals surface area (Å²) >= 11 is 0. The molecule has 4 aliphatic rings. The number of nitrogens with two attached hydrogens (primary N) is 1. The summed E-state index contributed by atoms with van der Waals surface area (Å²) in [7, 11) is 1.57. The molecule has 1 aromatic carbocycles. The zero-order valence-electron chi connectivity index (χ0n) is 18.9. The fourth-order valence-corrected chi connectivity index (χ4v) is 6.08. The molecule has 3 aliphatic heterocycles. The third-order valence-corrected chi connectivity index (χ3v) is 7.53. The number of fused-ring (bicyclic) bond motifs is 3. The zero-order chi connectivity index (χ0) is 23.1. The summed E-state index contributed by atoms with van der Waals surface area (Å²) in [5.74, 6) is 1.31. The number of hydrogen-bond donors (Lipinski definition) is 2. The molecule has 2 saturated heterocycles. The van der Waals surface area contributed by atoms with Gasteiger partial charge in [-0.15, -0.1) is 0 Å². The maximum atomic E-state index is 13.0. The summed E-state index contributed by atoms with van der Waals surface area (Å²) in [6.45, 7) is 5.76. The second kappa shape index (κ2) is 6.81. The van der Waals surface area contributed by atoms with Crippen molar-refractivity contribution in [1.82, 2.24) is 9.97 Å². The van der Waals surface area contributed by atoms with E-state index in [1.165, 1.54) is 0 Å². The Morgan fingerprint density at radius 2 is 2.09 bits per heavy atom. The van der Waals surface area contributed by atoms with Crippen LogP contribution in [0.25, 0.3) is 22.0 Å². The SMILES string of the molecule is COc1cc(-c2c3c(nc(N4CC5CC4(C)C5)c2C(N)=O)COC3)cc2c(C)cc(=O)[nH]c12. The molecule has 3 aromatic rings. The standard InChI is InChI=1S/C25H26N4O4/c1-12-4-19(30)28-22-15(12)5-14(6-18(22)32-3)20-16-10-33-11-17(16)27-24(21(20)23(26)31)29-9-13-7-25(29,2)8-13/h4-6,13H,7-11H2,1-3H3,(H2,26,31)(H,28,30). The summed E-state index contributed by atoms with van der Waals surface area (Å²) in [5, 5.41) is 0.848. The Bertz CT molecular complexity index is 1400. The van der Waals surface area contributed by atoms with Gasteiger partial charge in [-0.2, -0.15) is 0 Å². The summed E-state index contributed by atoms with van der Waals surface area (Å²) in [4.78, 5) is 35.1. The maximum absolute atomic E-state index is 13.0. The number of aromatic nitrogens is 2. The number of anilines is 1. The second-order valence-corrected chi connectivity index (χ2v) is 9.77. The van der Waals surface area contributed by atoms with Crippen molar-refractivity contribution in [3.05, 3.63) is 50.9 Å². The molecule has 5 heterocycles. The minimum atomic E-state index is -0.507. The van der Waals surface area contributed by atoms with Gasteiger partial charge in [0.25, 0.3) is 5.91 Å². The normalized spacial score (nSPS) is 23.0. The van der Waals surface area contributed by atoms with Crippen LogP contribution in [0.4, 0.5) is 5.82 Å². The lowest BCUT2D eigenvalue weighted by molar-refractivity contribution is 0.100. The predicted octanol–water partition coefficient (Wildman–Crippen LogP) is 3.02. The average Bonchev–Trinajstić information content (AvgIpc) is 3.43. The Kier molecular flexibility index (Phi) is 4.17. The first-order valence-corrected chi connectivity index (χ1v) is 11.2. The zero-order valence-corrected chi connectivity index (χ0v) is 18.9. The smallest absolute Gasteiger partial charge is 0.253 e. The fourth-order valence-electron chi connectivity index (χ4n) is 6.08. The highest BCUT2D eigenvalue weighted by molar-refractivity contribution is 6.07. The third kappa shape index (κ3) is 2.83. The Hall–Kier alpha value is -3.39. The van der Waals surface area contributed by atoms with Crippen molar-refractivity contribution in [2.24, 2.45) is 11.7 Å². The van der Waals surface area contributed by atoms with E-state index in [0.29, 0.717) is 41.8 Å². The molecule has 3 fully saturated rings. The number of primary amides is 1. The van der Waals surface area contributed by atoms with Crippen LogP contribution in [0.3, 0.4) is 0 Å². The molecule has 8 nitrogen and oxygen atoms in total. The number of aromatic amines is 1. The van der Waals surface area contributed by atoms with Crippen LogP contribution in [0.15, 0.2) is 23.0 Å². The number of rotatable bonds is 4. The van der Waals surface area contributed by atoms with Crippen LogP contribution >= 0.6 is 0 Å². The first-order chi connectivity index (χ1) is 15.8. The minimum Gasteiger partial charge on any atom is -0.495 e. The number of nitrogens with one attached hydrogen (secondary N) is 1. The van der Waals surface area contributed by atoms with E-state index < -0.39 is 5.91 Å². The van der Waals surface area contributed by atoms with Crippen LogP contribution in [-0.4, -0.2) is 35.1 Å². The molecule has 0 unspecified atom stereocenters. The molecule has 1 saturated carbocycles. The van der Waals surface area contributed by atoms with Gasteiger partial charge >= 0.3 is 0 Å². The maximum Gasteiger partial charge on any atom is 0.253 e. The van der Waals surface area contributed by atoms with Crippen LogP contribution in [-0.2, 0) is 18.0 Å². The highest BCUT2D eigenvalue weighted by atomic mass is 16.5. The number of amides is 1. The van der Waals surface area contributed by atoms with Crippen molar-refractivity contribution in [1.29, 1.82) is 0 Å². The monoisotopic (exact) mass is 446 g/mol. The van der Waals surface area contributed by atoms with Gasteiger partial charge in [0.05, 0.1) is 37.1 Å². The van der Waals surface area contributed by atoms with E-state index in [-0.39, 0.29) is 11.1 Å². The number of methoxy groups -OCH3 is 1. The summed E-state index contributed by atoms with van der Waals surface area (Å²) in [6.07, 6.45) is 2.21. The third-order valence-electron chi connectivity index (χ3n) is 7.53. The minimum absolute atomic E-state index is 0.00395. The number of pyridine rings is 2. The topological polar surface area (TPSA) is 111 Å². The first kappa shape index (κ1) is 20.2. The van der Waals surface area contributed by atoms with E-state index >= 15 is 0 Å². The number of ether oxygens (including phenoxy) is 2. The van der Waals surface area contributed by atoms with Crippen LogP contribution in [0.1, 0.15) is 46.9 Å². The Balaban J connectivity index is 1.67. The van der Waals surface area contributed by atoms with Gasteiger partial charge in [-0.25, -0.2) is 4.98 Å². The number of H-pyrrole nitrogens is 1. The largest absolute Gasteiger partial charge is 0.495 e. The molecular weight excluding hydrogens is 420 g/mol. The van der Waals surface area contributed by atoms with Gasteiger partial charge in [0, 0.05) is 34.7 Å². The molecule has 3 N–H and O–H groups in total. The molecule has 0 radical (unpaired) electrons. The number of nitrogens with zero attached hydrogens (tertiary/aromatic N) is 2. The van der Waals surface area contributed by atoms with Gasteiger partial charge in [0.2, 0.25) is 5.56 Å². The number of carbonyl (C=O) groups excluding carboxylic acids is 1. The molecule has 1 amide bonds. The molecule has 8 heteroatoms. The molecule has 1 aliphatic carbocycles. The lowest BCUT2D eigenvalue weighted by Gasteiger charge is -2.40. The van der Waals surface area contributed by atoms with E-state index in [2.05, 4.69) is 16.8 Å². The van der Waals surface area contributed by atoms with E-state index in [1.54, 1.807) is 13.2 Å². The first-order valence-electron chi connectivity index (χ1n) is 11.2. The van der Waals surface area contributed by atoms with Crippen molar-refractivity contribution >= 4 is 22.6 Å². The van der Waals surface area contributed by atoms with Gasteiger partial charge in [-0.1, -0.05) is 0 Å². The summed E-state index contributed by atoms with van der Waals surface area (Å²) < 4.78 is 11.4. The van der Waals surface area contributed by atoms with E-state index in [4.69, 9.17) is 20.2 Å². The van der Waals surface area contributed by atoms with Gasteiger partial charge < -0.3 is 25.1 Å². The number of hydrogen-bond acceptors (Lipinski definition) is 6. The lowest BCUT2D eigenvalue weighted by Crippen LogP contribution is -2.44. The number of benzene rings is 1. The van der Waals surface area contributed by atoms with Crippen molar-refractivity contribution in [2.45, 2.75) is 45.4 Å². The van der Waals surface area contributed by atoms with E-state index in [0.717, 1.165) is 52.7 Å². The van der Waals surface area contributed by atoms with Crippen LogP contribution < -0.4 is 20.9 Å². The van der Waals surface area contributed by atoms with Crippen LogP contribution in [0, 0.1) is 12.8 Å². The molecule has 33 heavy (non-hydrogen) atoms. The van der Waals surface area contributed by atoms with E-state index in [1.807, 2.05) is 19.1 Å². The van der Waals surface area contributed by atoms with Crippen LogP contribution in [0.2, 0.25) is 0 Å². The van der Waals surface area contributed by atoms with Crippen molar-refractivity contribution in [3.8, 4) is 16.9 Å². The van der Waals surface area contributed by atoms with Gasteiger partial charge in [0.1, 0.15) is 11.6 Å². The van der Waals surface area contributed by atoms with Gasteiger partial charge in [-0.05, 0) is 55.9 Å². The molecule has 170 valence electrons. The highest BCUT2D eigenvalue weighted by Gasteiger charge is 2.54. The Morgan fingerprint density at radius 3 is 2.76 bits per heavy atom. The molecule has 0 atom stereocenters. The fraction of sp³-hybridized carbons (Fsp3) is 0.400. The average molecular weight is 447 g/mol. The van der Waals surface area contributed by atoms with Gasteiger partial charge in [0.15, 0.2) is 0 Å². The van der Waals surface area contributed by atoms with Crippen molar-refractivity contribution in [2.75, 3.05) is 18.6 Å². The lowest BCUT2D eigenvalue weighted by atomic mass is 9.75. The quantitative estimate of drug-likeness (QED) is 0.637. The molecule has 0 spiro atoms.